The molecule has 118 valence electrons. The van der Waals surface area contributed by atoms with Crippen LogP contribution in [0.15, 0.2) is 24.5 Å². The lowest BCUT2D eigenvalue weighted by Crippen LogP contribution is -2.38. The summed E-state index contributed by atoms with van der Waals surface area (Å²) in [5, 5.41) is 26.2. The van der Waals surface area contributed by atoms with E-state index in [0.29, 0.717) is 5.56 Å². The zero-order valence-corrected chi connectivity index (χ0v) is 12.7. The van der Waals surface area contributed by atoms with Crippen LogP contribution in [0.2, 0.25) is 5.02 Å². The van der Waals surface area contributed by atoms with Crippen molar-refractivity contribution in [2.45, 2.75) is 12.5 Å². The largest absolute Gasteiger partial charge is 0.506 e. The number of phenolic OH excluding ortho intramolecular Hbond substituents is 1. The first kappa shape index (κ1) is 16.3. The fourth-order valence-corrected chi connectivity index (χ4v) is 2.09. The maximum atomic E-state index is 13.3. The minimum atomic E-state index is -1.36. The van der Waals surface area contributed by atoms with Gasteiger partial charge in [-0.1, -0.05) is 11.6 Å². The van der Waals surface area contributed by atoms with Gasteiger partial charge in [0, 0.05) is 18.8 Å². The lowest BCUT2D eigenvalue weighted by Gasteiger charge is -2.22. The third-order valence-electron chi connectivity index (χ3n) is 3.19. The highest BCUT2D eigenvalue weighted by Crippen LogP contribution is 2.28. The van der Waals surface area contributed by atoms with E-state index in [1.54, 1.807) is 13.2 Å². The summed E-state index contributed by atoms with van der Waals surface area (Å²) in [6, 6.07) is 1.77. The lowest BCUT2D eigenvalue weighted by atomic mass is 9.99. The second-order valence-corrected chi connectivity index (χ2v) is 5.55. The molecular weight excluding hydrogens is 313 g/mol. The topological polar surface area (TPSA) is 87.4 Å². The highest BCUT2D eigenvalue weighted by Gasteiger charge is 2.26. The van der Waals surface area contributed by atoms with Crippen LogP contribution in [-0.4, -0.2) is 32.4 Å². The molecule has 0 bridgehead atoms. The molecule has 1 atom stereocenters. The average molecular weight is 328 g/mol. The van der Waals surface area contributed by atoms with Gasteiger partial charge in [0.25, 0.3) is 5.91 Å². The van der Waals surface area contributed by atoms with Gasteiger partial charge < -0.3 is 15.5 Å². The van der Waals surface area contributed by atoms with Crippen molar-refractivity contribution in [3.8, 4) is 5.75 Å². The molecule has 1 unspecified atom stereocenters. The van der Waals surface area contributed by atoms with Crippen molar-refractivity contribution in [1.29, 1.82) is 0 Å². The molecule has 0 fully saturated rings. The average Bonchev–Trinajstić information content (AvgIpc) is 2.88. The zero-order chi connectivity index (χ0) is 16.5. The molecule has 0 spiro atoms. The van der Waals surface area contributed by atoms with Gasteiger partial charge in [0.1, 0.15) is 17.2 Å². The summed E-state index contributed by atoms with van der Waals surface area (Å²) in [5.74, 6) is -2.00. The van der Waals surface area contributed by atoms with Crippen molar-refractivity contribution in [2.75, 3.05) is 6.54 Å². The number of nitrogens with one attached hydrogen (secondary N) is 1. The number of carbonyl (C=O) groups excluding carboxylic acids is 1. The molecule has 8 heteroatoms. The number of aromatic nitrogens is 2. The molecule has 1 heterocycles. The lowest BCUT2D eigenvalue weighted by molar-refractivity contribution is 0.0525. The summed E-state index contributed by atoms with van der Waals surface area (Å²) in [6.45, 7) is 1.35. The van der Waals surface area contributed by atoms with E-state index < -0.39 is 23.1 Å². The molecule has 0 aliphatic carbocycles. The van der Waals surface area contributed by atoms with E-state index in [9.17, 15) is 19.4 Å². The smallest absolute Gasteiger partial charge is 0.255 e. The summed E-state index contributed by atoms with van der Waals surface area (Å²) in [4.78, 5) is 12.0. The monoisotopic (exact) mass is 327 g/mol. The Balaban J connectivity index is 2.13. The molecule has 2 rings (SSSR count). The van der Waals surface area contributed by atoms with Crippen molar-refractivity contribution in [1.82, 2.24) is 15.1 Å². The van der Waals surface area contributed by atoms with Crippen LogP contribution in [-0.2, 0) is 12.6 Å². The Morgan fingerprint density at radius 2 is 2.23 bits per heavy atom. The van der Waals surface area contributed by atoms with Crippen molar-refractivity contribution >= 4 is 17.5 Å². The second kappa shape index (κ2) is 5.94. The molecule has 1 aromatic carbocycles. The number of aliphatic hydroxyl groups is 1. The Morgan fingerprint density at radius 3 is 2.82 bits per heavy atom. The highest BCUT2D eigenvalue weighted by molar-refractivity contribution is 6.32. The Labute approximate surface area is 131 Å². The number of nitrogens with zero attached hydrogens (tertiary/aromatic N) is 2. The van der Waals surface area contributed by atoms with Crippen LogP contribution >= 0.6 is 11.6 Å². The fourth-order valence-electron chi connectivity index (χ4n) is 1.89. The minimum absolute atomic E-state index is 0.148. The van der Waals surface area contributed by atoms with Crippen LogP contribution in [0.4, 0.5) is 4.39 Å². The van der Waals surface area contributed by atoms with E-state index in [2.05, 4.69) is 10.4 Å². The van der Waals surface area contributed by atoms with E-state index in [1.807, 2.05) is 0 Å². The number of hydrogen-bond acceptors (Lipinski definition) is 4. The quantitative estimate of drug-likeness (QED) is 0.795. The third-order valence-corrected chi connectivity index (χ3v) is 3.48. The summed E-state index contributed by atoms with van der Waals surface area (Å²) >= 11 is 5.62. The van der Waals surface area contributed by atoms with E-state index in [0.717, 1.165) is 12.1 Å². The number of carbonyl (C=O) groups is 1. The van der Waals surface area contributed by atoms with Gasteiger partial charge in [-0.05, 0) is 19.1 Å². The van der Waals surface area contributed by atoms with Crippen molar-refractivity contribution < 1.29 is 19.4 Å². The van der Waals surface area contributed by atoms with Gasteiger partial charge in [-0.2, -0.15) is 5.10 Å². The van der Waals surface area contributed by atoms with Gasteiger partial charge in [-0.15, -0.1) is 0 Å². The summed E-state index contributed by atoms with van der Waals surface area (Å²) in [7, 11) is 1.70. The van der Waals surface area contributed by atoms with Gasteiger partial charge >= 0.3 is 0 Å². The summed E-state index contributed by atoms with van der Waals surface area (Å²) < 4.78 is 14.8. The standard InChI is InChI=1S/C14H15ClFN3O3/c1-14(22,8-5-18-19(2)6-8)7-17-13(21)10-3-9(16)4-11(15)12(10)20/h3-6,20,22H,7H2,1-2H3,(H,17,21). The van der Waals surface area contributed by atoms with Crippen LogP contribution in [0.1, 0.15) is 22.8 Å². The SMILES string of the molecule is Cn1cc(C(C)(O)CNC(=O)c2cc(F)cc(Cl)c2O)cn1. The predicted octanol–water partition coefficient (Wildman–Crippen LogP) is 1.56. The molecule has 0 radical (unpaired) electrons. The van der Waals surface area contributed by atoms with Crippen LogP contribution in [0, 0.1) is 5.82 Å². The van der Waals surface area contributed by atoms with Crippen LogP contribution in [0.5, 0.6) is 5.75 Å². The number of hydrogen-bond donors (Lipinski definition) is 3. The molecule has 0 aliphatic heterocycles. The summed E-state index contributed by atoms with van der Waals surface area (Å²) in [6.07, 6.45) is 3.09. The third kappa shape index (κ3) is 3.37. The number of aryl methyl sites for hydroxylation is 1. The fraction of sp³-hybridized carbons (Fsp3) is 0.286. The first-order valence-corrected chi connectivity index (χ1v) is 6.76. The Hall–Kier alpha value is -2.12. The van der Waals surface area contributed by atoms with Crippen LogP contribution in [0.3, 0.4) is 0 Å². The highest BCUT2D eigenvalue weighted by atomic mass is 35.5. The van der Waals surface area contributed by atoms with Gasteiger partial charge in [0.15, 0.2) is 0 Å². The number of halogens is 2. The zero-order valence-electron chi connectivity index (χ0n) is 12.0. The first-order chi connectivity index (χ1) is 10.2. The van der Waals surface area contributed by atoms with Crippen molar-refractivity contribution in [3.63, 3.8) is 0 Å². The predicted molar refractivity (Wildman–Crippen MR) is 78.2 cm³/mol. The number of aromatic hydroxyl groups is 1. The second-order valence-electron chi connectivity index (χ2n) is 5.14. The van der Waals surface area contributed by atoms with E-state index in [-0.39, 0.29) is 17.1 Å². The molecule has 6 nitrogen and oxygen atoms in total. The molecule has 0 saturated heterocycles. The van der Waals surface area contributed by atoms with E-state index >= 15 is 0 Å². The van der Waals surface area contributed by atoms with Crippen molar-refractivity contribution in [2.24, 2.45) is 7.05 Å². The summed E-state index contributed by atoms with van der Waals surface area (Å²) in [5.41, 5.74) is -1.15. The maximum absolute atomic E-state index is 13.3. The molecule has 0 aliphatic rings. The van der Waals surface area contributed by atoms with Gasteiger partial charge in [0.05, 0.1) is 23.3 Å². The molecule has 2 aromatic rings. The van der Waals surface area contributed by atoms with Crippen molar-refractivity contribution in [3.05, 3.63) is 46.5 Å². The Bertz CT molecular complexity index is 715. The van der Waals surface area contributed by atoms with Gasteiger partial charge in [-0.3, -0.25) is 9.48 Å². The Morgan fingerprint density at radius 1 is 1.55 bits per heavy atom. The van der Waals surface area contributed by atoms with Gasteiger partial charge in [0.2, 0.25) is 0 Å². The molecule has 22 heavy (non-hydrogen) atoms. The van der Waals surface area contributed by atoms with E-state index in [1.165, 1.54) is 17.8 Å². The minimum Gasteiger partial charge on any atom is -0.506 e. The molecular formula is C14H15ClFN3O3. The Kier molecular flexibility index (Phi) is 4.39. The van der Waals surface area contributed by atoms with Crippen LogP contribution in [0.25, 0.3) is 0 Å². The number of amides is 1. The molecule has 1 amide bonds. The maximum Gasteiger partial charge on any atom is 0.255 e. The number of benzene rings is 1. The molecule has 1 aromatic heterocycles. The van der Waals surface area contributed by atoms with Crippen LogP contribution < -0.4 is 5.32 Å². The number of phenols is 1. The molecule has 0 saturated carbocycles. The normalized spacial score (nSPS) is 13.7. The van der Waals surface area contributed by atoms with Gasteiger partial charge in [-0.25, -0.2) is 4.39 Å². The number of rotatable bonds is 4. The van der Waals surface area contributed by atoms with E-state index in [4.69, 9.17) is 11.6 Å². The molecule has 3 N–H and O–H groups in total. The first-order valence-electron chi connectivity index (χ1n) is 6.38.